The highest BCUT2D eigenvalue weighted by atomic mass is 35.5. The van der Waals surface area contributed by atoms with Crippen LogP contribution in [0.25, 0.3) is 0 Å². The van der Waals surface area contributed by atoms with Gasteiger partial charge in [0.25, 0.3) is 0 Å². The molecule has 2 rings (SSSR count). The number of rotatable bonds is 2. The van der Waals surface area contributed by atoms with Crippen LogP contribution in [0.4, 0.5) is 0 Å². The summed E-state index contributed by atoms with van der Waals surface area (Å²) >= 11 is 0. The molecule has 24 heavy (non-hydrogen) atoms. The van der Waals surface area contributed by atoms with E-state index in [9.17, 15) is 10.2 Å². The zero-order valence-corrected chi connectivity index (χ0v) is 18.2. The van der Waals surface area contributed by atoms with Gasteiger partial charge in [-0.3, -0.25) is 0 Å². The second-order valence-electron chi connectivity index (χ2n) is 6.18. The smallest absolute Gasteiger partial charge is 0.0719 e. The molecule has 2 heterocycles. The van der Waals surface area contributed by atoms with Gasteiger partial charge in [0.2, 0.25) is 0 Å². The van der Waals surface area contributed by atoms with Crippen molar-refractivity contribution in [3.8, 4) is 0 Å². The van der Waals surface area contributed by atoms with Gasteiger partial charge in [-0.15, -0.1) is 49.6 Å². The van der Waals surface area contributed by atoms with E-state index in [1.54, 1.807) is 0 Å². The summed E-state index contributed by atoms with van der Waals surface area (Å²) in [6.07, 6.45) is 1.47. The van der Waals surface area contributed by atoms with Crippen LogP contribution in [0.15, 0.2) is 0 Å². The van der Waals surface area contributed by atoms with Crippen molar-refractivity contribution in [3.05, 3.63) is 0 Å². The lowest BCUT2D eigenvalue weighted by Gasteiger charge is -2.33. The van der Waals surface area contributed by atoms with Crippen LogP contribution < -0.4 is 10.6 Å². The summed E-state index contributed by atoms with van der Waals surface area (Å²) in [6, 6.07) is 0.600. The molecule has 2 fully saturated rings. The number of halogens is 4. The first-order valence-electron chi connectivity index (χ1n) is 7.54. The molecule has 0 radical (unpaired) electrons. The maximum Gasteiger partial charge on any atom is 0.0719 e. The summed E-state index contributed by atoms with van der Waals surface area (Å²) in [7, 11) is 8.00. The summed E-state index contributed by atoms with van der Waals surface area (Å²) in [5, 5.41) is 25.4. The van der Waals surface area contributed by atoms with E-state index >= 15 is 0 Å². The molecule has 2 saturated heterocycles. The van der Waals surface area contributed by atoms with Gasteiger partial charge in [0.05, 0.1) is 12.2 Å². The Bertz CT molecular complexity index is 253. The van der Waals surface area contributed by atoms with E-state index < -0.39 is 0 Å². The monoisotopic (exact) mass is 432 g/mol. The molecule has 0 amide bonds. The van der Waals surface area contributed by atoms with Gasteiger partial charge in [0, 0.05) is 25.2 Å². The fraction of sp³-hybridized carbons (Fsp3) is 1.00. The number of aliphatic hydroxyl groups excluding tert-OH is 2. The first-order chi connectivity index (χ1) is 9.43. The Kier molecular flexibility index (Phi) is 23.5. The van der Waals surface area contributed by atoms with Gasteiger partial charge in [-0.05, 0) is 54.1 Å². The molecule has 0 aliphatic carbocycles. The average Bonchev–Trinajstić information content (AvgIpc) is 2.40. The molecule has 2 aliphatic heterocycles. The number of aliphatic hydroxyl groups is 2. The van der Waals surface area contributed by atoms with Gasteiger partial charge >= 0.3 is 0 Å². The van der Waals surface area contributed by atoms with Gasteiger partial charge in [-0.2, -0.15) is 0 Å². The maximum absolute atomic E-state index is 9.46. The molecular formula is C14H36Cl4N4O2. The van der Waals surface area contributed by atoms with E-state index in [0.717, 1.165) is 39.0 Å². The maximum atomic E-state index is 9.46. The lowest BCUT2D eigenvalue weighted by Crippen LogP contribution is -2.51. The number of nitrogens with one attached hydrogen (secondary N) is 2. The largest absolute Gasteiger partial charge is 0.391 e. The molecule has 10 heteroatoms. The van der Waals surface area contributed by atoms with Crippen LogP contribution in [0.5, 0.6) is 0 Å². The third kappa shape index (κ3) is 11.5. The predicted octanol–water partition coefficient (Wildman–Crippen LogP) is 0.229. The Balaban J connectivity index is -0.000000143. The van der Waals surface area contributed by atoms with E-state index in [0.29, 0.717) is 12.1 Å². The fourth-order valence-electron chi connectivity index (χ4n) is 2.71. The zero-order chi connectivity index (χ0) is 15.1. The molecule has 0 spiro atoms. The van der Waals surface area contributed by atoms with Crippen molar-refractivity contribution >= 4 is 49.6 Å². The van der Waals surface area contributed by atoms with E-state index in [1.165, 1.54) is 0 Å². The van der Waals surface area contributed by atoms with Crippen LogP contribution in [-0.4, -0.2) is 98.7 Å². The minimum absolute atomic E-state index is 0. The van der Waals surface area contributed by atoms with Gasteiger partial charge in [-0.25, -0.2) is 0 Å². The molecule has 2 aliphatic rings. The van der Waals surface area contributed by atoms with Crippen LogP contribution in [0.1, 0.15) is 12.8 Å². The molecule has 0 unspecified atom stereocenters. The third-order valence-corrected chi connectivity index (χ3v) is 4.16. The molecule has 0 bridgehead atoms. The highest BCUT2D eigenvalue weighted by molar-refractivity contribution is 5.86. The van der Waals surface area contributed by atoms with Gasteiger partial charge in [0.15, 0.2) is 0 Å². The van der Waals surface area contributed by atoms with Crippen molar-refractivity contribution < 1.29 is 10.2 Å². The molecule has 4 N–H and O–H groups in total. The van der Waals surface area contributed by atoms with Gasteiger partial charge in [0.1, 0.15) is 0 Å². The van der Waals surface area contributed by atoms with Crippen LogP contribution >= 0.6 is 49.6 Å². The fourth-order valence-corrected chi connectivity index (χ4v) is 2.71. The quantitative estimate of drug-likeness (QED) is 0.499. The predicted molar refractivity (Wildman–Crippen MR) is 111 cm³/mol. The molecule has 4 atom stereocenters. The number of piperidine rings is 2. The van der Waals surface area contributed by atoms with E-state index in [2.05, 4.69) is 20.4 Å². The second kappa shape index (κ2) is 17.3. The molecule has 0 aromatic rings. The highest BCUT2D eigenvalue weighted by Gasteiger charge is 2.24. The van der Waals surface area contributed by atoms with Crippen molar-refractivity contribution in [2.45, 2.75) is 37.1 Å². The minimum Gasteiger partial charge on any atom is -0.391 e. The number of hydrogen-bond acceptors (Lipinski definition) is 6. The molecule has 6 nitrogen and oxygen atoms in total. The number of hydrogen-bond donors (Lipinski definition) is 4. The normalized spacial score (nSPS) is 29.0. The van der Waals surface area contributed by atoms with Crippen LogP contribution in [-0.2, 0) is 0 Å². The molecular weight excluding hydrogens is 398 g/mol. The molecule has 152 valence electrons. The van der Waals surface area contributed by atoms with E-state index in [4.69, 9.17) is 0 Å². The highest BCUT2D eigenvalue weighted by Crippen LogP contribution is 2.07. The lowest BCUT2D eigenvalue weighted by atomic mass is 10.0. The Morgan fingerprint density at radius 3 is 1.12 bits per heavy atom. The first kappa shape index (κ1) is 32.6. The van der Waals surface area contributed by atoms with Crippen LogP contribution in [0.2, 0.25) is 0 Å². The van der Waals surface area contributed by atoms with Crippen LogP contribution in [0.3, 0.4) is 0 Å². The number of nitrogens with zero attached hydrogens (tertiary/aromatic N) is 2. The average molecular weight is 434 g/mol. The molecule has 0 aromatic heterocycles. The van der Waals surface area contributed by atoms with Crippen molar-refractivity contribution in [2.75, 3.05) is 54.4 Å². The van der Waals surface area contributed by atoms with Gasteiger partial charge < -0.3 is 30.6 Å². The Labute approximate surface area is 171 Å². The Morgan fingerprint density at radius 2 is 0.958 bits per heavy atom. The summed E-state index contributed by atoms with van der Waals surface area (Å²) in [5.41, 5.74) is 0. The molecule has 0 saturated carbocycles. The number of likely N-dealkylation sites (N-methyl/N-ethyl adjacent to an activating group) is 2. The Morgan fingerprint density at radius 1 is 0.667 bits per heavy atom. The topological polar surface area (TPSA) is 71.0 Å². The standard InChI is InChI=1S/2C7H16N2O.4ClH/c2*1-9(2)6-5-8-4-3-7(6)10;;;;/h2*6-8,10H,3-5H2,1-2H3;4*1H/t2*6-,7-;;;;/m10..../s1. The van der Waals surface area contributed by atoms with E-state index in [1.807, 2.05) is 28.2 Å². The molecule has 0 aromatic carbocycles. The van der Waals surface area contributed by atoms with Crippen molar-refractivity contribution in [2.24, 2.45) is 0 Å². The second-order valence-corrected chi connectivity index (χ2v) is 6.18. The van der Waals surface area contributed by atoms with Crippen LogP contribution in [0, 0.1) is 0 Å². The van der Waals surface area contributed by atoms with Crippen molar-refractivity contribution in [3.63, 3.8) is 0 Å². The Hall–Kier alpha value is 0.920. The summed E-state index contributed by atoms with van der Waals surface area (Å²) < 4.78 is 0. The SMILES string of the molecule is CN(C)[C@@H]1CNCC[C@H]1O.CN(C)[C@H]1CNCC[C@@H]1O.Cl.Cl.Cl.Cl. The van der Waals surface area contributed by atoms with Gasteiger partial charge in [-0.1, -0.05) is 0 Å². The zero-order valence-electron chi connectivity index (χ0n) is 15.0. The van der Waals surface area contributed by atoms with Crippen molar-refractivity contribution in [1.29, 1.82) is 0 Å². The first-order valence-corrected chi connectivity index (χ1v) is 7.54. The van der Waals surface area contributed by atoms with E-state index in [-0.39, 0.29) is 61.8 Å². The van der Waals surface area contributed by atoms with Crippen molar-refractivity contribution in [1.82, 2.24) is 20.4 Å². The third-order valence-electron chi connectivity index (χ3n) is 4.16. The summed E-state index contributed by atoms with van der Waals surface area (Å²) in [4.78, 5) is 4.13. The summed E-state index contributed by atoms with van der Waals surface area (Å²) in [5.74, 6) is 0. The lowest BCUT2D eigenvalue weighted by molar-refractivity contribution is 0.0520. The summed E-state index contributed by atoms with van der Waals surface area (Å²) in [6.45, 7) is 3.72. The minimum atomic E-state index is -0.142.